The first-order valence-corrected chi connectivity index (χ1v) is 6.74. The molecule has 0 aromatic heterocycles. The molecular weight excluding hydrogens is 214 g/mol. The first-order valence-electron chi connectivity index (χ1n) is 6.74. The monoisotopic (exact) mass is 241 g/mol. The molecule has 0 saturated carbocycles. The topological polar surface area (TPSA) is 49.6 Å². The lowest BCUT2D eigenvalue weighted by Gasteiger charge is -2.35. The number of nitrogens with two attached hydrogens (primary N) is 1. The van der Waals surface area contributed by atoms with Gasteiger partial charge < -0.3 is 10.6 Å². The quantitative estimate of drug-likeness (QED) is 0.778. The summed E-state index contributed by atoms with van der Waals surface area (Å²) in [5.41, 5.74) is 5.65. The molecule has 0 bridgehead atoms. The van der Waals surface area contributed by atoms with E-state index in [2.05, 4.69) is 18.7 Å². The van der Waals surface area contributed by atoms with E-state index in [1.54, 1.807) is 0 Å². The van der Waals surface area contributed by atoms with E-state index < -0.39 is 0 Å². The van der Waals surface area contributed by atoms with Crippen molar-refractivity contribution in [1.82, 2.24) is 9.80 Å². The van der Waals surface area contributed by atoms with Crippen molar-refractivity contribution in [2.24, 2.45) is 11.7 Å². The summed E-state index contributed by atoms with van der Waals surface area (Å²) >= 11 is 0. The summed E-state index contributed by atoms with van der Waals surface area (Å²) < 4.78 is 0. The molecule has 0 radical (unpaired) electrons. The van der Waals surface area contributed by atoms with Gasteiger partial charge in [0.2, 0.25) is 5.91 Å². The third-order valence-electron chi connectivity index (χ3n) is 3.24. The lowest BCUT2D eigenvalue weighted by atomic mass is 10.1. The van der Waals surface area contributed by atoms with Crippen LogP contribution in [0.5, 0.6) is 0 Å². The van der Waals surface area contributed by atoms with E-state index in [9.17, 15) is 4.79 Å². The minimum absolute atomic E-state index is 0.0264. The van der Waals surface area contributed by atoms with E-state index in [4.69, 9.17) is 5.73 Å². The molecule has 0 aromatic rings. The van der Waals surface area contributed by atoms with E-state index in [0.29, 0.717) is 6.42 Å². The molecule has 4 heteroatoms. The maximum Gasteiger partial charge on any atom is 0.224 e. The Morgan fingerprint density at radius 3 is 2.24 bits per heavy atom. The van der Waals surface area contributed by atoms with Crippen molar-refractivity contribution in [3.8, 4) is 0 Å². The molecule has 1 unspecified atom stereocenters. The number of nitrogens with zero attached hydrogens (tertiary/aromatic N) is 2. The molecule has 1 fully saturated rings. The Labute approximate surface area is 105 Å². The van der Waals surface area contributed by atoms with Crippen LogP contribution in [0.3, 0.4) is 0 Å². The van der Waals surface area contributed by atoms with Crippen LogP contribution in [0, 0.1) is 5.92 Å². The Morgan fingerprint density at radius 1 is 1.18 bits per heavy atom. The molecule has 1 aliphatic heterocycles. The van der Waals surface area contributed by atoms with Crippen molar-refractivity contribution in [3.05, 3.63) is 0 Å². The zero-order valence-electron chi connectivity index (χ0n) is 11.5. The first-order chi connectivity index (χ1) is 7.99. The molecule has 1 amide bonds. The molecule has 1 atom stereocenters. The standard InChI is InChI=1S/C13H27N3O/c1-11(2)4-5-15-6-8-16(9-7-15)13(17)10-12(3)14/h11-12H,4-10,14H2,1-3H3. The maximum atomic E-state index is 11.8. The van der Waals surface area contributed by atoms with Gasteiger partial charge in [-0.1, -0.05) is 13.8 Å². The Hall–Kier alpha value is -0.610. The van der Waals surface area contributed by atoms with Crippen LogP contribution < -0.4 is 5.73 Å². The van der Waals surface area contributed by atoms with Crippen LogP contribution >= 0.6 is 0 Å². The highest BCUT2D eigenvalue weighted by atomic mass is 16.2. The SMILES string of the molecule is CC(C)CCN1CCN(C(=O)CC(C)N)CC1. The zero-order valence-corrected chi connectivity index (χ0v) is 11.5. The lowest BCUT2D eigenvalue weighted by molar-refractivity contribution is -0.133. The first kappa shape index (κ1) is 14.5. The summed E-state index contributed by atoms with van der Waals surface area (Å²) in [6.07, 6.45) is 1.72. The van der Waals surface area contributed by atoms with E-state index in [1.807, 2.05) is 11.8 Å². The van der Waals surface area contributed by atoms with Gasteiger partial charge in [0.25, 0.3) is 0 Å². The molecule has 0 aromatic carbocycles. The molecule has 1 saturated heterocycles. The normalized spacial score (nSPS) is 19.7. The molecule has 1 heterocycles. The number of carbonyl (C=O) groups excluding carboxylic acids is 1. The summed E-state index contributed by atoms with van der Waals surface area (Å²) in [5, 5.41) is 0. The zero-order chi connectivity index (χ0) is 12.8. The van der Waals surface area contributed by atoms with E-state index in [1.165, 1.54) is 6.42 Å². The highest BCUT2D eigenvalue weighted by Gasteiger charge is 2.21. The minimum atomic E-state index is -0.0264. The molecule has 0 aliphatic carbocycles. The average Bonchev–Trinajstić information content (AvgIpc) is 2.26. The number of carbonyl (C=O) groups is 1. The molecule has 4 nitrogen and oxygen atoms in total. The van der Waals surface area contributed by atoms with Crippen LogP contribution in [0.15, 0.2) is 0 Å². The van der Waals surface area contributed by atoms with Crippen molar-refractivity contribution >= 4 is 5.91 Å². The van der Waals surface area contributed by atoms with Crippen LogP contribution in [0.25, 0.3) is 0 Å². The average molecular weight is 241 g/mol. The molecule has 17 heavy (non-hydrogen) atoms. The van der Waals surface area contributed by atoms with E-state index in [-0.39, 0.29) is 11.9 Å². The maximum absolute atomic E-state index is 11.8. The van der Waals surface area contributed by atoms with Gasteiger partial charge in [-0.05, 0) is 25.8 Å². The lowest BCUT2D eigenvalue weighted by Crippen LogP contribution is -2.49. The van der Waals surface area contributed by atoms with Crippen molar-refractivity contribution < 1.29 is 4.79 Å². The third kappa shape index (κ3) is 5.50. The van der Waals surface area contributed by atoms with Crippen LogP contribution in [-0.2, 0) is 4.79 Å². The molecule has 2 N–H and O–H groups in total. The van der Waals surface area contributed by atoms with Gasteiger partial charge in [-0.25, -0.2) is 0 Å². The second-order valence-electron chi connectivity index (χ2n) is 5.59. The van der Waals surface area contributed by atoms with E-state index >= 15 is 0 Å². The van der Waals surface area contributed by atoms with Gasteiger partial charge in [0.1, 0.15) is 0 Å². The van der Waals surface area contributed by atoms with E-state index in [0.717, 1.165) is 38.6 Å². The van der Waals surface area contributed by atoms with Gasteiger partial charge in [-0.2, -0.15) is 0 Å². The predicted octanol–water partition coefficient (Wildman–Crippen LogP) is 0.914. The second-order valence-corrected chi connectivity index (χ2v) is 5.59. The molecular formula is C13H27N3O. The van der Waals surface area contributed by atoms with Gasteiger partial charge >= 0.3 is 0 Å². The van der Waals surface area contributed by atoms with Gasteiger partial charge in [-0.3, -0.25) is 9.69 Å². The molecule has 1 aliphatic rings. The number of hydrogen-bond acceptors (Lipinski definition) is 3. The van der Waals surface area contributed by atoms with Crippen LogP contribution in [0.2, 0.25) is 0 Å². The fourth-order valence-corrected chi connectivity index (χ4v) is 2.07. The van der Waals surface area contributed by atoms with Gasteiger partial charge in [0, 0.05) is 38.6 Å². The number of piperazine rings is 1. The smallest absolute Gasteiger partial charge is 0.224 e. The number of amides is 1. The fourth-order valence-electron chi connectivity index (χ4n) is 2.07. The molecule has 1 rings (SSSR count). The van der Waals surface area contributed by atoms with Crippen LogP contribution in [0.4, 0.5) is 0 Å². The Kier molecular flexibility index (Phi) is 5.92. The summed E-state index contributed by atoms with van der Waals surface area (Å²) in [4.78, 5) is 16.2. The van der Waals surface area contributed by atoms with Crippen molar-refractivity contribution in [1.29, 1.82) is 0 Å². The van der Waals surface area contributed by atoms with Gasteiger partial charge in [0.15, 0.2) is 0 Å². The third-order valence-corrected chi connectivity index (χ3v) is 3.24. The number of hydrogen-bond donors (Lipinski definition) is 1. The number of rotatable bonds is 5. The highest BCUT2D eigenvalue weighted by Crippen LogP contribution is 2.07. The van der Waals surface area contributed by atoms with Crippen molar-refractivity contribution in [2.75, 3.05) is 32.7 Å². The Balaban J connectivity index is 2.23. The van der Waals surface area contributed by atoms with Crippen LogP contribution in [-0.4, -0.2) is 54.5 Å². The largest absolute Gasteiger partial charge is 0.340 e. The van der Waals surface area contributed by atoms with Crippen molar-refractivity contribution in [3.63, 3.8) is 0 Å². The van der Waals surface area contributed by atoms with Gasteiger partial charge in [-0.15, -0.1) is 0 Å². The van der Waals surface area contributed by atoms with Crippen molar-refractivity contribution in [2.45, 2.75) is 39.7 Å². The molecule has 100 valence electrons. The van der Waals surface area contributed by atoms with Gasteiger partial charge in [0.05, 0.1) is 0 Å². The summed E-state index contributed by atoms with van der Waals surface area (Å²) in [5.74, 6) is 0.969. The fraction of sp³-hybridized carbons (Fsp3) is 0.923. The molecule has 0 spiro atoms. The summed E-state index contributed by atoms with van der Waals surface area (Å²) in [6, 6.07) is -0.0264. The highest BCUT2D eigenvalue weighted by molar-refractivity contribution is 5.76. The minimum Gasteiger partial charge on any atom is -0.340 e. The second kappa shape index (κ2) is 6.97. The Bertz CT molecular complexity index is 233. The summed E-state index contributed by atoms with van der Waals surface area (Å²) in [7, 11) is 0. The van der Waals surface area contributed by atoms with Crippen LogP contribution in [0.1, 0.15) is 33.6 Å². The predicted molar refractivity (Wildman–Crippen MR) is 70.7 cm³/mol. The summed E-state index contributed by atoms with van der Waals surface area (Å²) in [6.45, 7) is 11.3. The Morgan fingerprint density at radius 2 is 1.76 bits per heavy atom.